The van der Waals surface area contributed by atoms with Crippen LogP contribution >= 0.6 is 0 Å². The average molecular weight is 170 g/mol. The van der Waals surface area contributed by atoms with Crippen molar-refractivity contribution in [2.45, 2.75) is 18.9 Å². The Labute approximate surface area is 68.6 Å². The summed E-state index contributed by atoms with van der Waals surface area (Å²) in [5.41, 5.74) is 0.872. The van der Waals surface area contributed by atoms with Gasteiger partial charge in [0.25, 0.3) is 0 Å². The van der Waals surface area contributed by atoms with Crippen LogP contribution in [-0.2, 0) is 6.42 Å². The maximum Gasteiger partial charge on any atom is 0.162 e. The molecule has 0 heterocycles. The minimum absolute atomic E-state index is 0.336. The number of aliphatic hydroxyl groups is 1. The largest absolute Gasteiger partial charge is 0.388 e. The highest BCUT2D eigenvalue weighted by atomic mass is 19.2. The van der Waals surface area contributed by atoms with Crippen molar-refractivity contribution in [1.29, 1.82) is 0 Å². The van der Waals surface area contributed by atoms with Crippen LogP contribution in [0.3, 0.4) is 0 Å². The number of hydrogen-bond donors (Lipinski definition) is 1. The predicted molar refractivity (Wildman–Crippen MR) is 39.6 cm³/mol. The molecular weight excluding hydrogens is 162 g/mol. The second kappa shape index (κ2) is 2.52. The molecule has 2 rings (SSSR count). The van der Waals surface area contributed by atoms with Crippen LogP contribution in [0.1, 0.15) is 23.7 Å². The lowest BCUT2D eigenvalue weighted by atomic mass is 10.1. The number of rotatable bonds is 0. The molecule has 1 atom stereocenters. The molecule has 0 radical (unpaired) electrons. The second-order valence-electron chi connectivity index (χ2n) is 2.98. The minimum Gasteiger partial charge on any atom is -0.388 e. The molecule has 1 aromatic carbocycles. The zero-order valence-electron chi connectivity index (χ0n) is 6.35. The Morgan fingerprint density at radius 1 is 1.33 bits per heavy atom. The van der Waals surface area contributed by atoms with Crippen molar-refractivity contribution >= 4 is 0 Å². The van der Waals surface area contributed by atoms with Crippen LogP contribution in [0.15, 0.2) is 12.1 Å². The summed E-state index contributed by atoms with van der Waals surface area (Å²) in [7, 11) is 0. The lowest BCUT2D eigenvalue weighted by Gasteiger charge is -2.03. The molecule has 64 valence electrons. The highest BCUT2D eigenvalue weighted by molar-refractivity contribution is 5.35. The smallest absolute Gasteiger partial charge is 0.162 e. The Hall–Kier alpha value is -0.960. The first kappa shape index (κ1) is 7.68. The van der Waals surface area contributed by atoms with Crippen molar-refractivity contribution in [2.24, 2.45) is 0 Å². The van der Waals surface area contributed by atoms with E-state index in [4.69, 9.17) is 0 Å². The SMILES string of the molecule is O[C@H]1CCc2c1ccc(F)c2F. The van der Waals surface area contributed by atoms with Gasteiger partial charge in [-0.15, -0.1) is 0 Å². The fraction of sp³-hybridized carbons (Fsp3) is 0.333. The zero-order valence-corrected chi connectivity index (χ0v) is 6.35. The summed E-state index contributed by atoms with van der Waals surface area (Å²) < 4.78 is 25.6. The Morgan fingerprint density at radius 2 is 2.08 bits per heavy atom. The first-order chi connectivity index (χ1) is 5.70. The molecule has 3 heteroatoms. The highest BCUT2D eigenvalue weighted by Crippen LogP contribution is 2.33. The van der Waals surface area contributed by atoms with E-state index >= 15 is 0 Å². The van der Waals surface area contributed by atoms with Gasteiger partial charge in [-0.1, -0.05) is 6.07 Å². The van der Waals surface area contributed by atoms with Crippen molar-refractivity contribution in [3.8, 4) is 0 Å². The summed E-state index contributed by atoms with van der Waals surface area (Å²) in [5.74, 6) is -1.63. The third-order valence-electron chi connectivity index (χ3n) is 2.26. The number of fused-ring (bicyclic) bond motifs is 1. The minimum atomic E-state index is -0.831. The van der Waals surface area contributed by atoms with Crippen LogP contribution in [0.4, 0.5) is 8.78 Å². The normalized spacial score (nSPS) is 21.1. The molecule has 1 aliphatic rings. The summed E-state index contributed by atoms with van der Waals surface area (Å²) >= 11 is 0. The van der Waals surface area contributed by atoms with Gasteiger partial charge in [-0.2, -0.15) is 0 Å². The Morgan fingerprint density at radius 3 is 2.83 bits per heavy atom. The summed E-state index contributed by atoms with van der Waals surface area (Å²) in [6, 6.07) is 2.51. The van der Waals surface area contributed by atoms with Gasteiger partial charge in [0, 0.05) is 0 Å². The molecule has 0 aromatic heterocycles. The number of halogens is 2. The number of hydrogen-bond acceptors (Lipinski definition) is 1. The first-order valence-electron chi connectivity index (χ1n) is 3.85. The third kappa shape index (κ3) is 0.932. The number of aliphatic hydroxyl groups excluding tert-OH is 1. The molecule has 1 N–H and O–H groups in total. The highest BCUT2D eigenvalue weighted by Gasteiger charge is 2.24. The molecule has 0 unspecified atom stereocenters. The standard InChI is InChI=1S/C9H8F2O/c10-7-3-1-5-6(9(7)11)2-4-8(5)12/h1,3,8,12H,2,4H2/t8-/m0/s1. The maximum atomic E-state index is 13.0. The lowest BCUT2D eigenvalue weighted by Crippen LogP contribution is -1.94. The van der Waals surface area contributed by atoms with Gasteiger partial charge in [-0.3, -0.25) is 0 Å². The van der Waals surface area contributed by atoms with E-state index in [0.717, 1.165) is 6.07 Å². The van der Waals surface area contributed by atoms with Crippen molar-refractivity contribution < 1.29 is 13.9 Å². The summed E-state index contributed by atoms with van der Waals surface area (Å²) in [6.45, 7) is 0. The van der Waals surface area contributed by atoms with Crippen molar-refractivity contribution in [2.75, 3.05) is 0 Å². The van der Waals surface area contributed by atoms with Crippen molar-refractivity contribution in [3.05, 3.63) is 34.9 Å². The van der Waals surface area contributed by atoms with Crippen molar-refractivity contribution in [1.82, 2.24) is 0 Å². The van der Waals surface area contributed by atoms with E-state index in [1.807, 2.05) is 0 Å². The van der Waals surface area contributed by atoms with Gasteiger partial charge >= 0.3 is 0 Å². The molecule has 0 aliphatic heterocycles. The zero-order chi connectivity index (χ0) is 8.72. The molecule has 0 spiro atoms. The van der Waals surface area contributed by atoms with Crippen LogP contribution in [0.2, 0.25) is 0 Å². The molecule has 0 bridgehead atoms. The Kier molecular flexibility index (Phi) is 1.61. The van der Waals surface area contributed by atoms with Gasteiger partial charge in [0.2, 0.25) is 0 Å². The quantitative estimate of drug-likeness (QED) is 0.630. The van der Waals surface area contributed by atoms with E-state index < -0.39 is 17.7 Å². The van der Waals surface area contributed by atoms with E-state index in [1.54, 1.807) is 0 Å². The Balaban J connectivity index is 2.60. The van der Waals surface area contributed by atoms with Crippen LogP contribution in [0.25, 0.3) is 0 Å². The fourth-order valence-electron chi connectivity index (χ4n) is 1.61. The van der Waals surface area contributed by atoms with Crippen LogP contribution in [0, 0.1) is 11.6 Å². The Bertz CT molecular complexity index is 323. The maximum absolute atomic E-state index is 13.0. The molecule has 0 amide bonds. The summed E-state index contributed by atoms with van der Waals surface area (Å²) in [6.07, 6.45) is 0.311. The average Bonchev–Trinajstić information content (AvgIpc) is 2.41. The van der Waals surface area contributed by atoms with Gasteiger partial charge in [-0.05, 0) is 30.0 Å². The third-order valence-corrected chi connectivity index (χ3v) is 2.26. The van der Waals surface area contributed by atoms with E-state index in [0.29, 0.717) is 24.0 Å². The molecule has 0 saturated carbocycles. The van der Waals surface area contributed by atoms with Gasteiger partial charge < -0.3 is 5.11 Å². The van der Waals surface area contributed by atoms with E-state index in [2.05, 4.69) is 0 Å². The van der Waals surface area contributed by atoms with Crippen molar-refractivity contribution in [3.63, 3.8) is 0 Å². The molecule has 0 saturated heterocycles. The number of benzene rings is 1. The molecular formula is C9H8F2O. The lowest BCUT2D eigenvalue weighted by molar-refractivity contribution is 0.180. The predicted octanol–water partition coefficient (Wildman–Crippen LogP) is 1.94. The topological polar surface area (TPSA) is 20.2 Å². The van der Waals surface area contributed by atoms with Crippen LogP contribution in [0.5, 0.6) is 0 Å². The molecule has 1 aromatic rings. The van der Waals surface area contributed by atoms with Gasteiger partial charge in [-0.25, -0.2) is 8.78 Å². The van der Waals surface area contributed by atoms with E-state index in [1.165, 1.54) is 6.07 Å². The van der Waals surface area contributed by atoms with Gasteiger partial charge in [0.15, 0.2) is 11.6 Å². The van der Waals surface area contributed by atoms with Gasteiger partial charge in [0.05, 0.1) is 6.10 Å². The van der Waals surface area contributed by atoms with Crippen LogP contribution < -0.4 is 0 Å². The van der Waals surface area contributed by atoms with Crippen LogP contribution in [-0.4, -0.2) is 5.11 Å². The monoisotopic (exact) mass is 170 g/mol. The molecule has 0 fully saturated rings. The molecule has 1 nitrogen and oxygen atoms in total. The summed E-state index contributed by atoms with van der Waals surface area (Å²) in [4.78, 5) is 0. The second-order valence-corrected chi connectivity index (χ2v) is 2.98. The fourth-order valence-corrected chi connectivity index (χ4v) is 1.61. The van der Waals surface area contributed by atoms with E-state index in [9.17, 15) is 13.9 Å². The summed E-state index contributed by atoms with van der Waals surface area (Å²) in [5, 5.41) is 9.31. The molecule has 1 aliphatic carbocycles. The van der Waals surface area contributed by atoms with E-state index in [-0.39, 0.29) is 0 Å². The first-order valence-corrected chi connectivity index (χ1v) is 3.85. The van der Waals surface area contributed by atoms with Gasteiger partial charge in [0.1, 0.15) is 0 Å². The molecule has 12 heavy (non-hydrogen) atoms.